The van der Waals surface area contributed by atoms with Gasteiger partial charge >= 0.3 is 0 Å². The number of hydrogen-bond donors (Lipinski definition) is 1. The Balaban J connectivity index is 2.11. The van der Waals surface area contributed by atoms with Crippen molar-refractivity contribution in [2.45, 2.75) is 49.3 Å². The van der Waals surface area contributed by atoms with E-state index in [1.165, 1.54) is 24.2 Å². The highest BCUT2D eigenvalue weighted by Crippen LogP contribution is 2.28. The minimum absolute atomic E-state index is 0.0818. The van der Waals surface area contributed by atoms with E-state index in [1.807, 2.05) is 0 Å². The summed E-state index contributed by atoms with van der Waals surface area (Å²) >= 11 is 4.56. The Morgan fingerprint density at radius 1 is 1.28 bits per heavy atom. The predicted octanol–water partition coefficient (Wildman–Crippen LogP) is 3.76. The van der Waals surface area contributed by atoms with Gasteiger partial charge in [-0.15, -0.1) is 11.3 Å². The van der Waals surface area contributed by atoms with Gasteiger partial charge in [0.15, 0.2) is 0 Å². The molecule has 3 nitrogen and oxygen atoms in total. The normalized spacial score (nSPS) is 25.9. The van der Waals surface area contributed by atoms with E-state index in [9.17, 15) is 8.42 Å². The molecule has 6 heteroatoms. The van der Waals surface area contributed by atoms with Gasteiger partial charge < -0.3 is 0 Å². The van der Waals surface area contributed by atoms with E-state index in [-0.39, 0.29) is 6.04 Å². The molecule has 1 saturated carbocycles. The molecule has 1 aliphatic rings. The average Bonchev–Trinajstić information content (AvgIpc) is 2.65. The molecule has 2 unspecified atom stereocenters. The summed E-state index contributed by atoms with van der Waals surface area (Å²) in [6, 6.07) is 3.51. The third kappa shape index (κ3) is 3.56. The highest BCUT2D eigenvalue weighted by molar-refractivity contribution is 9.11. The van der Waals surface area contributed by atoms with E-state index in [4.69, 9.17) is 0 Å². The van der Waals surface area contributed by atoms with Crippen molar-refractivity contribution in [3.8, 4) is 0 Å². The van der Waals surface area contributed by atoms with Crippen molar-refractivity contribution in [1.29, 1.82) is 0 Å². The van der Waals surface area contributed by atoms with Gasteiger partial charge in [0.2, 0.25) is 10.0 Å². The smallest absolute Gasteiger partial charge is 0.207 e. The molecule has 0 spiro atoms. The number of nitrogens with one attached hydrogen (secondary N) is 1. The minimum atomic E-state index is -3.35. The lowest BCUT2D eigenvalue weighted by atomic mass is 9.98. The monoisotopic (exact) mass is 351 g/mol. The highest BCUT2D eigenvalue weighted by Gasteiger charge is 2.26. The van der Waals surface area contributed by atoms with Crippen molar-refractivity contribution >= 4 is 37.3 Å². The summed E-state index contributed by atoms with van der Waals surface area (Å²) in [6.45, 7) is 2.14. The number of rotatable bonds is 3. The second kappa shape index (κ2) is 6.03. The molecule has 1 heterocycles. The fourth-order valence-corrected chi connectivity index (χ4v) is 5.77. The summed E-state index contributed by atoms with van der Waals surface area (Å²) in [4.78, 5) is 0. The van der Waals surface area contributed by atoms with E-state index in [1.54, 1.807) is 12.1 Å². The molecule has 18 heavy (non-hydrogen) atoms. The van der Waals surface area contributed by atoms with Gasteiger partial charge in [-0.2, -0.15) is 0 Å². The molecule has 102 valence electrons. The zero-order valence-electron chi connectivity index (χ0n) is 10.4. The number of thiophene rings is 1. The molecule has 1 aromatic heterocycles. The van der Waals surface area contributed by atoms with Gasteiger partial charge in [0.05, 0.1) is 3.79 Å². The van der Waals surface area contributed by atoms with Crippen LogP contribution in [0.1, 0.15) is 39.0 Å². The van der Waals surface area contributed by atoms with Crippen LogP contribution in [0.15, 0.2) is 20.1 Å². The van der Waals surface area contributed by atoms with E-state index in [0.29, 0.717) is 10.1 Å². The Morgan fingerprint density at radius 3 is 2.67 bits per heavy atom. The molecule has 1 fully saturated rings. The summed E-state index contributed by atoms with van der Waals surface area (Å²) in [5.41, 5.74) is 0. The molecule has 0 radical (unpaired) electrons. The average molecular weight is 352 g/mol. The van der Waals surface area contributed by atoms with Gasteiger partial charge in [-0.3, -0.25) is 0 Å². The van der Waals surface area contributed by atoms with Crippen molar-refractivity contribution in [3.63, 3.8) is 0 Å². The van der Waals surface area contributed by atoms with Crippen molar-refractivity contribution in [2.75, 3.05) is 0 Å². The maximum absolute atomic E-state index is 12.2. The predicted molar refractivity (Wildman–Crippen MR) is 78.4 cm³/mol. The van der Waals surface area contributed by atoms with Crippen molar-refractivity contribution in [3.05, 3.63) is 15.9 Å². The van der Waals surface area contributed by atoms with Crippen LogP contribution in [-0.2, 0) is 10.0 Å². The van der Waals surface area contributed by atoms with Crippen molar-refractivity contribution < 1.29 is 8.42 Å². The molecule has 0 bridgehead atoms. The summed E-state index contributed by atoms with van der Waals surface area (Å²) in [7, 11) is -3.35. The van der Waals surface area contributed by atoms with Crippen LogP contribution in [0.3, 0.4) is 0 Å². The van der Waals surface area contributed by atoms with Crippen LogP contribution in [0.5, 0.6) is 0 Å². The summed E-state index contributed by atoms with van der Waals surface area (Å²) in [6.07, 6.45) is 5.61. The van der Waals surface area contributed by atoms with Gasteiger partial charge in [-0.25, -0.2) is 13.1 Å². The van der Waals surface area contributed by atoms with Crippen LogP contribution in [0.2, 0.25) is 0 Å². The van der Waals surface area contributed by atoms with Gasteiger partial charge in [0.25, 0.3) is 0 Å². The van der Waals surface area contributed by atoms with E-state index < -0.39 is 10.0 Å². The SMILES string of the molecule is CC1CCCCCC1NS(=O)(=O)c1ccc(Br)s1. The molecular weight excluding hydrogens is 334 g/mol. The largest absolute Gasteiger partial charge is 0.250 e. The topological polar surface area (TPSA) is 46.2 Å². The first-order chi connectivity index (χ1) is 8.49. The van der Waals surface area contributed by atoms with Gasteiger partial charge in [-0.1, -0.05) is 26.2 Å². The van der Waals surface area contributed by atoms with Crippen molar-refractivity contribution in [1.82, 2.24) is 4.72 Å². The molecule has 1 aliphatic carbocycles. The fraction of sp³-hybridized carbons (Fsp3) is 0.667. The minimum Gasteiger partial charge on any atom is -0.207 e. The first kappa shape index (κ1) is 14.5. The first-order valence-corrected chi connectivity index (χ1v) is 9.36. The molecule has 0 amide bonds. The summed E-state index contributed by atoms with van der Waals surface area (Å²) < 4.78 is 28.6. The van der Waals surface area contributed by atoms with Crippen LogP contribution in [-0.4, -0.2) is 14.5 Å². The van der Waals surface area contributed by atoms with E-state index in [2.05, 4.69) is 27.6 Å². The highest BCUT2D eigenvalue weighted by atomic mass is 79.9. The molecular formula is C12H18BrNO2S2. The number of sulfonamides is 1. The molecule has 2 atom stereocenters. The Hall–Kier alpha value is 0.0900. The van der Waals surface area contributed by atoms with Crippen LogP contribution in [0.4, 0.5) is 0 Å². The Labute approximate surface area is 121 Å². The molecule has 0 aliphatic heterocycles. The van der Waals surface area contributed by atoms with Gasteiger partial charge in [0.1, 0.15) is 4.21 Å². The number of hydrogen-bond acceptors (Lipinski definition) is 3. The zero-order valence-corrected chi connectivity index (χ0v) is 13.6. The third-order valence-corrected chi connectivity index (χ3v) is 7.09. The lowest BCUT2D eigenvalue weighted by Crippen LogP contribution is -2.38. The van der Waals surface area contributed by atoms with E-state index in [0.717, 1.165) is 23.0 Å². The lowest BCUT2D eigenvalue weighted by Gasteiger charge is -2.22. The number of halogens is 1. The molecule has 1 aromatic rings. The Bertz CT molecular complexity index is 498. The Morgan fingerprint density at radius 2 is 2.00 bits per heavy atom. The molecule has 0 saturated heterocycles. The van der Waals surface area contributed by atoms with Crippen LogP contribution >= 0.6 is 27.3 Å². The van der Waals surface area contributed by atoms with Gasteiger partial charge in [0, 0.05) is 6.04 Å². The Kier molecular flexibility index (Phi) is 4.86. The maximum atomic E-state index is 12.2. The third-order valence-electron chi connectivity index (χ3n) is 3.48. The van der Waals surface area contributed by atoms with Crippen molar-refractivity contribution in [2.24, 2.45) is 5.92 Å². The second-order valence-electron chi connectivity index (χ2n) is 4.90. The zero-order chi connectivity index (χ0) is 13.2. The summed E-state index contributed by atoms with van der Waals surface area (Å²) in [5.74, 6) is 0.422. The quantitative estimate of drug-likeness (QED) is 0.842. The van der Waals surface area contributed by atoms with Crippen LogP contribution < -0.4 is 4.72 Å². The molecule has 2 rings (SSSR count). The second-order valence-corrected chi connectivity index (χ2v) is 9.31. The van der Waals surface area contributed by atoms with Crippen LogP contribution in [0, 0.1) is 5.92 Å². The van der Waals surface area contributed by atoms with Gasteiger partial charge in [-0.05, 0) is 46.8 Å². The fourth-order valence-electron chi connectivity index (χ4n) is 2.37. The summed E-state index contributed by atoms with van der Waals surface area (Å²) in [5, 5.41) is 0. The lowest BCUT2D eigenvalue weighted by molar-refractivity contribution is 0.400. The van der Waals surface area contributed by atoms with Crippen LogP contribution in [0.25, 0.3) is 0 Å². The molecule has 0 aromatic carbocycles. The standard InChI is InChI=1S/C12H18BrNO2S2/c1-9-5-3-2-4-6-10(9)14-18(15,16)12-8-7-11(13)17-12/h7-10,14H,2-6H2,1H3. The first-order valence-electron chi connectivity index (χ1n) is 6.27. The molecule has 1 N–H and O–H groups in total. The van der Waals surface area contributed by atoms with E-state index >= 15 is 0 Å². The maximum Gasteiger partial charge on any atom is 0.250 e.